The first-order chi connectivity index (χ1) is 17.9. The third-order valence-corrected chi connectivity index (χ3v) is 9.20. The highest BCUT2D eigenvalue weighted by molar-refractivity contribution is 8.00. The van der Waals surface area contributed by atoms with E-state index in [1.807, 2.05) is 6.07 Å². The Hall–Kier alpha value is -3.60. The van der Waals surface area contributed by atoms with Gasteiger partial charge in [-0.15, -0.1) is 0 Å². The number of hydrogen-bond acceptors (Lipinski definition) is 7. The molecule has 11 heteroatoms. The molecule has 1 saturated heterocycles. The number of carbonyl (C=O) groups is 3. The van der Waals surface area contributed by atoms with Crippen molar-refractivity contribution in [1.82, 2.24) is 4.57 Å². The molecule has 3 amide bonds. The minimum Gasteiger partial charge on any atom is -0.469 e. The minimum absolute atomic E-state index is 0.243. The van der Waals surface area contributed by atoms with E-state index < -0.39 is 23.0 Å². The lowest BCUT2D eigenvalue weighted by molar-refractivity contribution is -0.122. The number of nitrogens with one attached hydrogen (secondary N) is 1. The van der Waals surface area contributed by atoms with Crippen LogP contribution in [-0.2, 0) is 20.9 Å². The smallest absolute Gasteiger partial charge is 0.308 e. The van der Waals surface area contributed by atoms with E-state index in [2.05, 4.69) is 5.32 Å². The van der Waals surface area contributed by atoms with E-state index in [1.165, 1.54) is 15.7 Å². The van der Waals surface area contributed by atoms with E-state index in [4.69, 9.17) is 16.0 Å². The van der Waals surface area contributed by atoms with E-state index in [1.54, 1.807) is 60.7 Å². The van der Waals surface area contributed by atoms with Crippen LogP contribution in [0.25, 0.3) is 0 Å². The van der Waals surface area contributed by atoms with Crippen LogP contribution in [0.5, 0.6) is 0 Å². The lowest BCUT2D eigenvalue weighted by Crippen LogP contribution is -2.32. The number of nitrogens with zero attached hydrogens (tertiary/aromatic N) is 2. The number of halogens is 1. The predicted molar refractivity (Wildman–Crippen MR) is 141 cm³/mol. The van der Waals surface area contributed by atoms with Crippen molar-refractivity contribution in [2.45, 2.75) is 22.7 Å². The lowest BCUT2D eigenvalue weighted by atomic mass is 9.87. The van der Waals surface area contributed by atoms with Crippen LogP contribution >= 0.6 is 34.7 Å². The third-order valence-electron chi connectivity index (χ3n) is 6.34. The number of rotatable bonds is 5. The number of hydrogen-bond donors (Lipinski definition) is 1. The van der Waals surface area contributed by atoms with Crippen molar-refractivity contribution in [2.75, 3.05) is 10.2 Å². The first-order valence-corrected chi connectivity index (χ1v) is 13.4. The first kappa shape index (κ1) is 23.8. The molecule has 6 rings (SSSR count). The summed E-state index contributed by atoms with van der Waals surface area (Å²) < 4.78 is 7.06. The molecular weight excluding hydrogens is 534 g/mol. The van der Waals surface area contributed by atoms with E-state index in [0.717, 1.165) is 23.1 Å². The molecule has 2 aromatic carbocycles. The molecule has 37 heavy (non-hydrogen) atoms. The van der Waals surface area contributed by atoms with E-state index in [-0.39, 0.29) is 23.2 Å². The number of fused-ring (bicyclic) bond motifs is 2. The van der Waals surface area contributed by atoms with Gasteiger partial charge in [-0.1, -0.05) is 52.9 Å². The number of amides is 3. The van der Waals surface area contributed by atoms with Crippen molar-refractivity contribution in [3.63, 3.8) is 0 Å². The summed E-state index contributed by atoms with van der Waals surface area (Å²) in [5.74, 6) is -1.98. The van der Waals surface area contributed by atoms with Crippen molar-refractivity contribution >= 4 is 63.8 Å². The number of anilines is 2. The average molecular weight is 552 g/mol. The van der Waals surface area contributed by atoms with Gasteiger partial charge in [0.25, 0.3) is 0 Å². The lowest BCUT2D eigenvalue weighted by Gasteiger charge is -2.29. The van der Waals surface area contributed by atoms with Crippen LogP contribution in [-0.4, -0.2) is 27.5 Å². The van der Waals surface area contributed by atoms with E-state index in [0.29, 0.717) is 32.1 Å². The molecule has 186 valence electrons. The zero-order valence-electron chi connectivity index (χ0n) is 19.0. The fraction of sp³-hybridized carbons (Fsp3) is 0.154. The van der Waals surface area contributed by atoms with Gasteiger partial charge in [0.2, 0.25) is 17.7 Å². The molecule has 4 heterocycles. The molecule has 2 aliphatic heterocycles. The quantitative estimate of drug-likeness (QED) is 0.364. The van der Waals surface area contributed by atoms with Gasteiger partial charge in [-0.05, 0) is 48.5 Å². The molecule has 0 saturated carbocycles. The van der Waals surface area contributed by atoms with Gasteiger partial charge in [-0.25, -0.2) is 4.90 Å². The van der Waals surface area contributed by atoms with Gasteiger partial charge in [0.15, 0.2) is 0 Å². The second kappa shape index (κ2) is 9.37. The van der Waals surface area contributed by atoms with Crippen molar-refractivity contribution < 1.29 is 18.8 Å². The zero-order chi connectivity index (χ0) is 25.7. The van der Waals surface area contributed by atoms with Crippen molar-refractivity contribution in [3.8, 4) is 0 Å². The Morgan fingerprint density at radius 1 is 0.973 bits per heavy atom. The van der Waals surface area contributed by atoms with Gasteiger partial charge < -0.3 is 9.73 Å². The molecule has 8 nitrogen and oxygen atoms in total. The van der Waals surface area contributed by atoms with Gasteiger partial charge in [-0.3, -0.25) is 23.7 Å². The van der Waals surface area contributed by atoms with Gasteiger partial charge in [0, 0.05) is 10.7 Å². The van der Waals surface area contributed by atoms with Crippen LogP contribution in [0.15, 0.2) is 87.2 Å². The molecule has 1 fully saturated rings. The highest BCUT2D eigenvalue weighted by Crippen LogP contribution is 2.53. The molecule has 0 spiro atoms. The molecule has 3 atom stereocenters. The Morgan fingerprint density at radius 2 is 1.73 bits per heavy atom. The van der Waals surface area contributed by atoms with Crippen molar-refractivity contribution in [1.29, 1.82) is 0 Å². The molecule has 4 aromatic rings. The van der Waals surface area contributed by atoms with Crippen LogP contribution < -0.4 is 15.1 Å². The van der Waals surface area contributed by atoms with Gasteiger partial charge in [-0.2, -0.15) is 0 Å². The Bertz CT molecular complexity index is 1560. The maximum atomic E-state index is 13.7. The Balaban J connectivity index is 1.38. The first-order valence-electron chi connectivity index (χ1n) is 11.3. The second-order valence-corrected chi connectivity index (χ2v) is 11.1. The molecule has 0 radical (unpaired) electrons. The molecule has 0 unspecified atom stereocenters. The fourth-order valence-electron chi connectivity index (χ4n) is 4.74. The number of thiazole rings is 1. The number of thioether (sulfide) groups is 1. The average Bonchev–Trinajstić information content (AvgIpc) is 3.59. The summed E-state index contributed by atoms with van der Waals surface area (Å²) in [6.45, 7) is -0.243. The van der Waals surface area contributed by atoms with Gasteiger partial charge >= 0.3 is 4.87 Å². The van der Waals surface area contributed by atoms with Crippen molar-refractivity contribution in [2.24, 2.45) is 5.92 Å². The number of furan rings is 1. The molecule has 2 aliphatic rings. The Labute approximate surface area is 223 Å². The second-order valence-electron chi connectivity index (χ2n) is 8.58. The summed E-state index contributed by atoms with van der Waals surface area (Å²) in [5.41, 5.74) is 1.04. The van der Waals surface area contributed by atoms with E-state index >= 15 is 0 Å². The highest BCUT2D eigenvalue weighted by atomic mass is 35.5. The summed E-state index contributed by atoms with van der Waals surface area (Å²) in [6.07, 6.45) is 1.50. The number of aromatic nitrogens is 1. The third kappa shape index (κ3) is 4.11. The van der Waals surface area contributed by atoms with Gasteiger partial charge in [0.05, 0.1) is 33.7 Å². The van der Waals surface area contributed by atoms with Crippen LogP contribution in [0.2, 0.25) is 5.02 Å². The van der Waals surface area contributed by atoms with Crippen LogP contribution in [0.4, 0.5) is 11.4 Å². The largest absolute Gasteiger partial charge is 0.469 e. The SMILES string of the molecule is O=C(Cn1c2c(sc1=O)[C@@H](c1ccco1)[C@@H]1C(=O)N(c3ccccc3)C(=O)[C@@H]1S2)Nc1ccc(Cl)cc1. The maximum absolute atomic E-state index is 13.7. The summed E-state index contributed by atoms with van der Waals surface area (Å²) in [6, 6.07) is 18.9. The molecule has 1 N–H and O–H groups in total. The summed E-state index contributed by atoms with van der Waals surface area (Å²) in [4.78, 5) is 54.6. The number of benzene rings is 2. The standard InChI is InChI=1S/C26H18ClN3O5S2/c27-14-8-10-15(11-9-14)28-18(31)13-29-25-22(37-26(29)34)19(17-7-4-12-35-17)20-21(36-25)24(33)30(23(20)32)16-5-2-1-3-6-16/h1-12,19-21H,13H2,(H,28,31)/t19-,20-,21+/m0/s1. The monoisotopic (exact) mass is 551 g/mol. The van der Waals surface area contributed by atoms with E-state index in [9.17, 15) is 19.2 Å². The number of imide groups is 1. The Morgan fingerprint density at radius 3 is 2.43 bits per heavy atom. The normalized spacial score (nSPS) is 20.6. The fourth-order valence-corrected chi connectivity index (χ4v) is 7.62. The Kier molecular flexibility index (Phi) is 6.02. The predicted octanol–water partition coefficient (Wildman–Crippen LogP) is 4.59. The summed E-state index contributed by atoms with van der Waals surface area (Å²) in [7, 11) is 0. The van der Waals surface area contributed by atoms with Crippen molar-refractivity contribution in [3.05, 3.63) is 98.3 Å². The topological polar surface area (TPSA) is 102 Å². The number of para-hydroxylation sites is 1. The summed E-state index contributed by atoms with van der Waals surface area (Å²) >= 11 is 8.04. The maximum Gasteiger partial charge on any atom is 0.308 e. The number of carbonyl (C=O) groups excluding carboxylic acids is 3. The molecule has 0 bridgehead atoms. The summed E-state index contributed by atoms with van der Waals surface area (Å²) in [5, 5.41) is 3.03. The van der Waals surface area contributed by atoms with Crippen LogP contribution in [0.3, 0.4) is 0 Å². The van der Waals surface area contributed by atoms with Crippen LogP contribution in [0.1, 0.15) is 16.6 Å². The zero-order valence-corrected chi connectivity index (χ0v) is 21.4. The molecule has 2 aromatic heterocycles. The van der Waals surface area contributed by atoms with Gasteiger partial charge in [0.1, 0.15) is 17.6 Å². The minimum atomic E-state index is -0.769. The highest BCUT2D eigenvalue weighted by Gasteiger charge is 2.57. The molecule has 0 aliphatic carbocycles. The van der Waals surface area contributed by atoms with Crippen LogP contribution in [0, 0.1) is 5.92 Å². The molecular formula is C26H18ClN3O5S2.